The highest BCUT2D eigenvalue weighted by atomic mass is 32.2. The van der Waals surface area contributed by atoms with E-state index in [2.05, 4.69) is 14.7 Å². The number of pyridine rings is 2. The van der Waals surface area contributed by atoms with Crippen molar-refractivity contribution in [3.05, 3.63) is 72.1 Å². The van der Waals surface area contributed by atoms with E-state index in [1.807, 2.05) is 0 Å². The van der Waals surface area contributed by atoms with Gasteiger partial charge in [-0.2, -0.15) is 0 Å². The van der Waals surface area contributed by atoms with Crippen LogP contribution >= 0.6 is 0 Å². The molecule has 0 aliphatic heterocycles. The highest BCUT2D eigenvalue weighted by Crippen LogP contribution is 2.26. The molecular formula is C20H18FN3O3S. The van der Waals surface area contributed by atoms with Crippen molar-refractivity contribution in [2.45, 2.75) is 25.2 Å². The van der Waals surface area contributed by atoms with Crippen LogP contribution in [0.25, 0.3) is 11.1 Å². The van der Waals surface area contributed by atoms with Gasteiger partial charge in [0.1, 0.15) is 16.5 Å². The number of rotatable bonds is 6. The zero-order valence-electron chi connectivity index (χ0n) is 15.3. The van der Waals surface area contributed by atoms with Crippen LogP contribution in [0.5, 0.6) is 0 Å². The van der Waals surface area contributed by atoms with Crippen LogP contribution in [0.2, 0.25) is 0 Å². The summed E-state index contributed by atoms with van der Waals surface area (Å²) >= 11 is 0. The number of sulfonamides is 1. The Labute approximate surface area is 162 Å². The van der Waals surface area contributed by atoms with Crippen LogP contribution in [-0.2, 0) is 21.2 Å². The number of hydrogen-bond acceptors (Lipinski definition) is 5. The highest BCUT2D eigenvalue weighted by Gasteiger charge is 2.20. The second kappa shape index (κ2) is 7.85. The number of nitrogens with one attached hydrogen (secondary N) is 1. The molecule has 3 rings (SSSR count). The molecule has 0 saturated heterocycles. The van der Waals surface area contributed by atoms with E-state index in [9.17, 15) is 17.6 Å². The van der Waals surface area contributed by atoms with E-state index in [4.69, 9.17) is 0 Å². The number of hydrogen-bond donors (Lipinski definition) is 1. The summed E-state index contributed by atoms with van der Waals surface area (Å²) in [5, 5.41) is 0. The molecule has 0 aliphatic carbocycles. The number of Topliss-reactive ketones (excluding diaryl/α,β-unsaturated/α-hetero) is 1. The van der Waals surface area contributed by atoms with Crippen molar-refractivity contribution in [3.63, 3.8) is 0 Å². The normalized spacial score (nSPS) is 11.2. The maximum atomic E-state index is 13.9. The lowest BCUT2D eigenvalue weighted by molar-refractivity contribution is -0.116. The van der Waals surface area contributed by atoms with Gasteiger partial charge >= 0.3 is 0 Å². The molecule has 0 radical (unpaired) electrons. The topological polar surface area (TPSA) is 89.0 Å². The first kappa shape index (κ1) is 19.6. The third-order valence-electron chi connectivity index (χ3n) is 4.04. The fraction of sp³-hybridized carbons (Fsp3) is 0.150. The second-order valence-electron chi connectivity index (χ2n) is 6.31. The summed E-state index contributed by atoms with van der Waals surface area (Å²) in [6.07, 6.45) is 3.39. The Kier molecular flexibility index (Phi) is 5.51. The minimum absolute atomic E-state index is 0.00924. The standard InChI is InChI=1S/C20H18FN3O3S/c1-13(25)9-17-10-15(7-8-22-17)16-11-19(14(2)23-12-16)24-28(26,27)20-6-4-3-5-18(20)21/h3-8,10-12,24H,9H2,1-2H3. The molecule has 6 nitrogen and oxygen atoms in total. The van der Waals surface area contributed by atoms with Crippen molar-refractivity contribution >= 4 is 21.5 Å². The largest absolute Gasteiger partial charge is 0.300 e. The Morgan fingerprint density at radius 3 is 2.57 bits per heavy atom. The Morgan fingerprint density at radius 1 is 1.11 bits per heavy atom. The zero-order valence-corrected chi connectivity index (χ0v) is 16.1. The lowest BCUT2D eigenvalue weighted by atomic mass is 10.1. The molecule has 0 atom stereocenters. The molecule has 2 aromatic heterocycles. The Morgan fingerprint density at radius 2 is 1.86 bits per heavy atom. The predicted octanol–water partition coefficient (Wildman–Crippen LogP) is 3.52. The summed E-state index contributed by atoms with van der Waals surface area (Å²) < 4.78 is 41.5. The average molecular weight is 399 g/mol. The van der Waals surface area contributed by atoms with Gasteiger partial charge in [0.2, 0.25) is 0 Å². The first-order valence-electron chi connectivity index (χ1n) is 8.45. The Hall–Kier alpha value is -3.13. The van der Waals surface area contributed by atoms with Crippen LogP contribution in [0.4, 0.5) is 10.1 Å². The third kappa shape index (κ3) is 4.40. The van der Waals surface area contributed by atoms with Crippen LogP contribution in [0.1, 0.15) is 18.3 Å². The van der Waals surface area contributed by atoms with Crippen LogP contribution in [0, 0.1) is 12.7 Å². The van der Waals surface area contributed by atoms with Gasteiger partial charge in [-0.1, -0.05) is 12.1 Å². The molecule has 1 N–H and O–H groups in total. The van der Waals surface area contributed by atoms with Gasteiger partial charge in [0.15, 0.2) is 0 Å². The van der Waals surface area contributed by atoms with E-state index in [1.54, 1.807) is 37.5 Å². The number of carbonyl (C=O) groups excluding carboxylic acids is 1. The molecule has 0 fully saturated rings. The Bertz CT molecular complexity index is 1150. The van der Waals surface area contributed by atoms with E-state index in [1.165, 1.54) is 25.1 Å². The van der Waals surface area contributed by atoms with Gasteiger partial charge in [0.25, 0.3) is 10.0 Å². The molecule has 3 aromatic rings. The van der Waals surface area contributed by atoms with Crippen molar-refractivity contribution in [3.8, 4) is 11.1 Å². The van der Waals surface area contributed by atoms with Gasteiger partial charge < -0.3 is 0 Å². The van der Waals surface area contributed by atoms with Gasteiger partial charge in [-0.3, -0.25) is 19.5 Å². The fourth-order valence-corrected chi connectivity index (χ4v) is 3.85. The lowest BCUT2D eigenvalue weighted by Crippen LogP contribution is -2.15. The molecule has 2 heterocycles. The molecule has 1 aromatic carbocycles. The van der Waals surface area contributed by atoms with E-state index in [-0.39, 0.29) is 17.9 Å². The smallest absolute Gasteiger partial charge is 0.264 e. The van der Waals surface area contributed by atoms with E-state index >= 15 is 0 Å². The SMILES string of the molecule is CC(=O)Cc1cc(-c2cnc(C)c(NS(=O)(=O)c3ccccc3F)c2)ccn1. The van der Waals surface area contributed by atoms with Crippen molar-refractivity contribution in [1.29, 1.82) is 0 Å². The molecule has 0 saturated carbocycles. The maximum absolute atomic E-state index is 13.9. The van der Waals surface area contributed by atoms with Crippen molar-refractivity contribution in [1.82, 2.24) is 9.97 Å². The van der Waals surface area contributed by atoms with E-state index in [0.717, 1.165) is 11.6 Å². The number of benzene rings is 1. The number of nitrogens with zero attached hydrogens (tertiary/aromatic N) is 2. The maximum Gasteiger partial charge on any atom is 0.264 e. The summed E-state index contributed by atoms with van der Waals surface area (Å²) in [7, 11) is -4.11. The molecule has 0 bridgehead atoms. The van der Waals surface area contributed by atoms with Gasteiger partial charge in [-0.25, -0.2) is 12.8 Å². The molecule has 28 heavy (non-hydrogen) atoms. The lowest BCUT2D eigenvalue weighted by Gasteiger charge is -2.12. The number of anilines is 1. The van der Waals surface area contributed by atoms with Gasteiger partial charge in [0.05, 0.1) is 11.4 Å². The molecule has 0 unspecified atom stereocenters. The van der Waals surface area contributed by atoms with Gasteiger partial charge in [-0.05, 0) is 49.7 Å². The monoisotopic (exact) mass is 399 g/mol. The van der Waals surface area contributed by atoms with Crippen LogP contribution in [0.3, 0.4) is 0 Å². The summed E-state index contributed by atoms with van der Waals surface area (Å²) in [6.45, 7) is 3.13. The van der Waals surface area contributed by atoms with E-state index < -0.39 is 20.7 Å². The first-order valence-corrected chi connectivity index (χ1v) is 9.93. The molecule has 0 aliphatic rings. The molecule has 0 spiro atoms. The number of ketones is 1. The number of aromatic nitrogens is 2. The minimum Gasteiger partial charge on any atom is -0.300 e. The number of carbonyl (C=O) groups is 1. The number of halogens is 1. The molecule has 144 valence electrons. The van der Waals surface area contributed by atoms with Crippen molar-refractivity contribution in [2.75, 3.05) is 4.72 Å². The van der Waals surface area contributed by atoms with Crippen LogP contribution < -0.4 is 4.72 Å². The van der Waals surface area contributed by atoms with Gasteiger partial charge in [0, 0.05) is 30.1 Å². The number of aryl methyl sites for hydroxylation is 1. The Balaban J connectivity index is 1.97. The minimum atomic E-state index is -4.11. The molecular weight excluding hydrogens is 381 g/mol. The summed E-state index contributed by atoms with van der Waals surface area (Å²) in [6, 6.07) is 10.3. The third-order valence-corrected chi connectivity index (χ3v) is 5.44. The summed E-state index contributed by atoms with van der Waals surface area (Å²) in [4.78, 5) is 19.3. The predicted molar refractivity (Wildman–Crippen MR) is 104 cm³/mol. The fourth-order valence-electron chi connectivity index (χ4n) is 2.67. The first-order chi connectivity index (χ1) is 13.3. The van der Waals surface area contributed by atoms with Crippen LogP contribution in [0.15, 0.2) is 59.8 Å². The highest BCUT2D eigenvalue weighted by molar-refractivity contribution is 7.92. The summed E-state index contributed by atoms with van der Waals surface area (Å²) in [5.41, 5.74) is 2.68. The van der Waals surface area contributed by atoms with E-state index in [0.29, 0.717) is 17.0 Å². The van der Waals surface area contributed by atoms with Gasteiger partial charge in [-0.15, -0.1) is 0 Å². The summed E-state index contributed by atoms with van der Waals surface area (Å²) in [5.74, 6) is -0.843. The second-order valence-corrected chi connectivity index (χ2v) is 7.96. The zero-order chi connectivity index (χ0) is 20.3. The van der Waals surface area contributed by atoms with Crippen molar-refractivity contribution in [2.24, 2.45) is 0 Å². The van der Waals surface area contributed by atoms with Crippen molar-refractivity contribution < 1.29 is 17.6 Å². The molecule has 0 amide bonds. The molecule has 8 heteroatoms. The average Bonchev–Trinajstić information content (AvgIpc) is 2.63. The van der Waals surface area contributed by atoms with Crippen LogP contribution in [-0.4, -0.2) is 24.2 Å². The quantitative estimate of drug-likeness (QED) is 0.685.